The number of rotatable bonds is 6. The van der Waals surface area contributed by atoms with Crippen LogP contribution in [0.25, 0.3) is 0 Å². The van der Waals surface area contributed by atoms with Crippen molar-refractivity contribution in [3.63, 3.8) is 0 Å². The molecule has 3 N–H and O–H groups in total. The predicted octanol–water partition coefficient (Wildman–Crippen LogP) is -0.555. The van der Waals surface area contributed by atoms with Gasteiger partial charge in [-0.25, -0.2) is 12.7 Å². The fourth-order valence-corrected chi connectivity index (χ4v) is 4.59. The Hall–Kier alpha value is -1.00. The van der Waals surface area contributed by atoms with Gasteiger partial charge in [-0.1, -0.05) is 0 Å². The molecular formula is C14H29N5O3S2. The molecule has 1 amide bonds. The van der Waals surface area contributed by atoms with Crippen molar-refractivity contribution in [1.29, 1.82) is 0 Å². The van der Waals surface area contributed by atoms with Gasteiger partial charge >= 0.3 is 0 Å². The van der Waals surface area contributed by atoms with Crippen LogP contribution in [0.3, 0.4) is 0 Å². The molecule has 10 heteroatoms. The zero-order valence-corrected chi connectivity index (χ0v) is 16.5. The summed E-state index contributed by atoms with van der Waals surface area (Å²) in [6, 6.07) is 0. The van der Waals surface area contributed by atoms with Crippen molar-refractivity contribution in [2.45, 2.75) is 26.3 Å². The van der Waals surface area contributed by atoms with Crippen LogP contribution in [0.5, 0.6) is 0 Å². The molecule has 1 aliphatic rings. The van der Waals surface area contributed by atoms with Crippen LogP contribution in [0.15, 0.2) is 4.99 Å². The Balaban J connectivity index is 2.35. The molecule has 0 atom stereocenters. The standard InChI is InChI=1S/C14H29N5O3S2/c1-14(2,3)18-12(20)11-17-13(15-4)16-5-10-24(21,22)19-6-8-23-9-7-19/h5-11H2,1-4H3,(H,18,20)(H2,15,16,17). The highest BCUT2D eigenvalue weighted by Crippen LogP contribution is 2.12. The molecule has 8 nitrogen and oxygen atoms in total. The molecule has 1 saturated heterocycles. The van der Waals surface area contributed by atoms with Gasteiger partial charge < -0.3 is 16.0 Å². The minimum absolute atomic E-state index is 0.00650. The summed E-state index contributed by atoms with van der Waals surface area (Å²) in [5.41, 5.74) is -0.295. The second-order valence-corrected chi connectivity index (χ2v) is 9.79. The van der Waals surface area contributed by atoms with E-state index in [0.717, 1.165) is 11.5 Å². The van der Waals surface area contributed by atoms with Crippen molar-refractivity contribution in [3.8, 4) is 0 Å². The Morgan fingerprint density at radius 3 is 2.38 bits per heavy atom. The lowest BCUT2D eigenvalue weighted by Gasteiger charge is -2.25. The zero-order valence-electron chi connectivity index (χ0n) is 14.9. The molecule has 1 heterocycles. The molecule has 24 heavy (non-hydrogen) atoms. The number of thioether (sulfide) groups is 1. The molecule has 0 saturated carbocycles. The number of hydrogen-bond acceptors (Lipinski definition) is 5. The predicted molar refractivity (Wildman–Crippen MR) is 99.9 cm³/mol. The quantitative estimate of drug-likeness (QED) is 0.422. The lowest BCUT2D eigenvalue weighted by atomic mass is 10.1. The van der Waals surface area contributed by atoms with Crippen molar-refractivity contribution in [1.82, 2.24) is 20.3 Å². The molecule has 1 aliphatic heterocycles. The largest absolute Gasteiger partial charge is 0.355 e. The second kappa shape index (κ2) is 9.47. The Labute approximate surface area is 149 Å². The summed E-state index contributed by atoms with van der Waals surface area (Å²) in [5, 5.41) is 8.64. The second-order valence-electron chi connectivity index (χ2n) is 6.48. The molecule has 0 spiro atoms. The molecule has 0 unspecified atom stereocenters. The number of amides is 1. The van der Waals surface area contributed by atoms with Crippen molar-refractivity contribution in [2.75, 3.05) is 50.5 Å². The summed E-state index contributed by atoms with van der Waals surface area (Å²) >= 11 is 1.77. The maximum Gasteiger partial charge on any atom is 0.239 e. The van der Waals surface area contributed by atoms with Gasteiger partial charge in [-0.05, 0) is 20.8 Å². The summed E-state index contributed by atoms with van der Waals surface area (Å²) in [7, 11) is -1.67. The van der Waals surface area contributed by atoms with Crippen molar-refractivity contribution in [3.05, 3.63) is 0 Å². The van der Waals surface area contributed by atoms with Crippen LogP contribution in [-0.2, 0) is 14.8 Å². The molecule has 0 bridgehead atoms. The first-order chi connectivity index (χ1) is 11.1. The molecule has 1 rings (SSSR count). The Bertz CT molecular complexity index is 537. The molecular weight excluding hydrogens is 350 g/mol. The zero-order chi connectivity index (χ0) is 18.2. The Kier molecular flexibility index (Phi) is 8.31. The van der Waals surface area contributed by atoms with Gasteiger partial charge in [0.1, 0.15) is 0 Å². The minimum atomic E-state index is -3.25. The summed E-state index contributed by atoms with van der Waals surface area (Å²) < 4.78 is 26.0. The van der Waals surface area contributed by atoms with Gasteiger partial charge in [-0.2, -0.15) is 11.8 Å². The average molecular weight is 380 g/mol. The molecule has 0 aromatic carbocycles. The lowest BCUT2D eigenvalue weighted by molar-refractivity contribution is -0.121. The van der Waals surface area contributed by atoms with Gasteiger partial charge in [0.15, 0.2) is 5.96 Å². The van der Waals surface area contributed by atoms with Crippen molar-refractivity contribution >= 4 is 33.7 Å². The van der Waals surface area contributed by atoms with Crippen LogP contribution in [0.2, 0.25) is 0 Å². The van der Waals surface area contributed by atoms with Gasteiger partial charge in [0.25, 0.3) is 0 Å². The average Bonchev–Trinajstić information content (AvgIpc) is 2.49. The van der Waals surface area contributed by atoms with E-state index in [1.54, 1.807) is 18.8 Å². The maximum absolute atomic E-state index is 12.2. The first-order valence-electron chi connectivity index (χ1n) is 7.95. The van der Waals surface area contributed by atoms with Gasteiger partial charge in [-0.15, -0.1) is 0 Å². The third kappa shape index (κ3) is 8.20. The SMILES string of the molecule is CN=C(NCCS(=O)(=O)N1CCSCC1)NCC(=O)NC(C)(C)C. The van der Waals surface area contributed by atoms with E-state index in [1.807, 2.05) is 20.8 Å². The van der Waals surface area contributed by atoms with Crippen LogP contribution >= 0.6 is 11.8 Å². The summed E-state index contributed by atoms with van der Waals surface area (Å²) in [4.78, 5) is 15.7. The normalized spacial score (nSPS) is 17.4. The van der Waals surface area contributed by atoms with E-state index in [2.05, 4.69) is 20.9 Å². The number of hydrogen-bond donors (Lipinski definition) is 3. The van der Waals surface area contributed by atoms with Crippen LogP contribution < -0.4 is 16.0 Å². The third-order valence-electron chi connectivity index (χ3n) is 3.17. The number of nitrogens with one attached hydrogen (secondary N) is 3. The van der Waals surface area contributed by atoms with Crippen LogP contribution in [0, 0.1) is 0 Å². The van der Waals surface area contributed by atoms with Gasteiger partial charge in [-0.3, -0.25) is 9.79 Å². The van der Waals surface area contributed by atoms with E-state index in [4.69, 9.17) is 0 Å². The number of sulfonamides is 1. The molecule has 0 aromatic rings. The Morgan fingerprint density at radius 1 is 1.21 bits per heavy atom. The fourth-order valence-electron chi connectivity index (χ4n) is 2.10. The van der Waals surface area contributed by atoms with Crippen molar-refractivity contribution in [2.24, 2.45) is 4.99 Å². The van der Waals surface area contributed by atoms with Crippen LogP contribution in [0.1, 0.15) is 20.8 Å². The highest BCUT2D eigenvalue weighted by Gasteiger charge is 2.23. The molecule has 0 aromatic heterocycles. The van der Waals surface area contributed by atoms with E-state index in [9.17, 15) is 13.2 Å². The van der Waals surface area contributed by atoms with E-state index in [0.29, 0.717) is 19.0 Å². The van der Waals surface area contributed by atoms with Gasteiger partial charge in [0, 0.05) is 43.7 Å². The highest BCUT2D eigenvalue weighted by molar-refractivity contribution is 7.99. The fraction of sp³-hybridized carbons (Fsp3) is 0.857. The molecule has 1 fully saturated rings. The van der Waals surface area contributed by atoms with E-state index in [-0.39, 0.29) is 30.3 Å². The first-order valence-corrected chi connectivity index (χ1v) is 10.7. The maximum atomic E-state index is 12.2. The van der Waals surface area contributed by atoms with Gasteiger partial charge in [0.2, 0.25) is 15.9 Å². The molecule has 0 radical (unpaired) electrons. The first kappa shape index (κ1) is 21.0. The van der Waals surface area contributed by atoms with E-state index < -0.39 is 10.0 Å². The molecule has 0 aliphatic carbocycles. The van der Waals surface area contributed by atoms with Crippen molar-refractivity contribution < 1.29 is 13.2 Å². The third-order valence-corrected chi connectivity index (χ3v) is 5.98. The van der Waals surface area contributed by atoms with Crippen LogP contribution in [-0.4, -0.2) is 80.6 Å². The summed E-state index contributed by atoms with van der Waals surface area (Å²) in [6.45, 7) is 7.19. The van der Waals surface area contributed by atoms with E-state index >= 15 is 0 Å². The smallest absolute Gasteiger partial charge is 0.239 e. The highest BCUT2D eigenvalue weighted by atomic mass is 32.2. The summed E-state index contributed by atoms with van der Waals surface area (Å²) in [6.07, 6.45) is 0. The Morgan fingerprint density at radius 2 is 1.83 bits per heavy atom. The topological polar surface area (TPSA) is 103 Å². The number of nitrogens with zero attached hydrogens (tertiary/aromatic N) is 2. The summed E-state index contributed by atoms with van der Waals surface area (Å²) in [5.74, 6) is 1.96. The number of carbonyl (C=O) groups excluding carboxylic acids is 1. The molecule has 140 valence electrons. The lowest BCUT2D eigenvalue weighted by Crippen LogP contribution is -2.49. The van der Waals surface area contributed by atoms with Gasteiger partial charge in [0.05, 0.1) is 12.3 Å². The number of aliphatic imine (C=N–C) groups is 1. The van der Waals surface area contributed by atoms with Crippen LogP contribution in [0.4, 0.5) is 0 Å². The number of guanidine groups is 1. The van der Waals surface area contributed by atoms with E-state index in [1.165, 1.54) is 4.31 Å². The minimum Gasteiger partial charge on any atom is -0.355 e. The monoisotopic (exact) mass is 379 g/mol. The number of carbonyl (C=O) groups is 1.